The highest BCUT2D eigenvalue weighted by molar-refractivity contribution is 14.1. The molecule has 6 heteroatoms. The molecule has 4 rings (SSSR count). The molecule has 0 radical (unpaired) electrons. The number of nitrogens with zero attached hydrogens (tertiary/aromatic N) is 1. The highest BCUT2D eigenvalue weighted by Crippen LogP contribution is 2.34. The van der Waals surface area contributed by atoms with E-state index in [1.54, 1.807) is 24.3 Å². The molecule has 0 aliphatic heterocycles. The smallest absolute Gasteiger partial charge is 0.255 e. The summed E-state index contributed by atoms with van der Waals surface area (Å²) in [6, 6.07) is 16.1. The van der Waals surface area contributed by atoms with E-state index in [9.17, 15) is 9.90 Å². The summed E-state index contributed by atoms with van der Waals surface area (Å²) in [4.78, 5) is 16.8. The van der Waals surface area contributed by atoms with Gasteiger partial charge in [-0.1, -0.05) is 6.07 Å². The van der Waals surface area contributed by atoms with Crippen molar-refractivity contribution in [2.75, 3.05) is 5.32 Å². The minimum absolute atomic E-state index is 0.0126. The van der Waals surface area contributed by atoms with Crippen molar-refractivity contribution in [3.8, 4) is 17.2 Å². The zero-order valence-corrected chi connectivity index (χ0v) is 17.4. The maximum Gasteiger partial charge on any atom is 0.255 e. The van der Waals surface area contributed by atoms with Gasteiger partial charge in [-0.15, -0.1) is 0 Å². The third-order valence-electron chi connectivity index (χ3n) is 4.41. The van der Waals surface area contributed by atoms with Crippen molar-refractivity contribution >= 4 is 45.3 Å². The quantitative estimate of drug-likeness (QED) is 0.368. The largest absolute Gasteiger partial charge is 0.507 e. The molecule has 0 saturated heterocycles. The van der Waals surface area contributed by atoms with Crippen LogP contribution in [0.3, 0.4) is 0 Å². The fourth-order valence-corrected chi connectivity index (χ4v) is 3.45. The van der Waals surface area contributed by atoms with Crippen LogP contribution in [0, 0.1) is 17.4 Å². The van der Waals surface area contributed by atoms with Crippen LogP contribution in [0.15, 0.2) is 59.0 Å². The molecule has 5 nitrogen and oxygen atoms in total. The lowest BCUT2D eigenvalue weighted by atomic mass is 10.1. The van der Waals surface area contributed by atoms with E-state index in [4.69, 9.17) is 4.42 Å². The van der Waals surface area contributed by atoms with Gasteiger partial charge in [0.15, 0.2) is 5.58 Å². The molecule has 0 aliphatic carbocycles. The Morgan fingerprint density at radius 1 is 1.07 bits per heavy atom. The number of carbonyl (C=O) groups is 1. The van der Waals surface area contributed by atoms with Gasteiger partial charge >= 0.3 is 0 Å². The summed E-state index contributed by atoms with van der Waals surface area (Å²) in [5.41, 5.74) is 5.07. The average Bonchev–Trinajstić information content (AvgIpc) is 3.06. The van der Waals surface area contributed by atoms with Crippen LogP contribution in [0.2, 0.25) is 0 Å². The number of hydrogen-bond acceptors (Lipinski definition) is 4. The van der Waals surface area contributed by atoms with Gasteiger partial charge in [0.1, 0.15) is 11.3 Å². The Bertz CT molecular complexity index is 1200. The van der Waals surface area contributed by atoms with E-state index in [2.05, 4.69) is 32.9 Å². The van der Waals surface area contributed by atoms with Crippen molar-refractivity contribution in [1.29, 1.82) is 0 Å². The van der Waals surface area contributed by atoms with Gasteiger partial charge in [-0.3, -0.25) is 4.79 Å². The van der Waals surface area contributed by atoms with E-state index >= 15 is 0 Å². The van der Waals surface area contributed by atoms with Gasteiger partial charge in [-0.2, -0.15) is 0 Å². The first-order valence-corrected chi connectivity index (χ1v) is 9.77. The molecule has 2 N–H and O–H groups in total. The molecule has 3 aromatic carbocycles. The second-order valence-electron chi connectivity index (χ2n) is 6.64. The van der Waals surface area contributed by atoms with E-state index in [1.165, 1.54) is 6.07 Å². The van der Waals surface area contributed by atoms with Crippen LogP contribution < -0.4 is 5.32 Å². The lowest BCUT2D eigenvalue weighted by molar-refractivity contribution is 0.102. The van der Waals surface area contributed by atoms with Gasteiger partial charge in [0, 0.05) is 20.9 Å². The predicted octanol–water partition coefficient (Wildman–Crippen LogP) is 5.67. The topological polar surface area (TPSA) is 75.4 Å². The van der Waals surface area contributed by atoms with Gasteiger partial charge in [0.2, 0.25) is 5.89 Å². The number of rotatable bonds is 3. The SMILES string of the molecule is Cc1cc(C)c2oc(-c3ccc(NC(=O)c4ccc(I)cc4)cc3O)nc2c1. The molecule has 0 unspecified atom stereocenters. The summed E-state index contributed by atoms with van der Waals surface area (Å²) in [6.45, 7) is 3.97. The van der Waals surface area contributed by atoms with Crippen molar-refractivity contribution in [3.05, 3.63) is 74.9 Å². The Morgan fingerprint density at radius 2 is 1.82 bits per heavy atom. The zero-order valence-electron chi connectivity index (χ0n) is 15.3. The van der Waals surface area contributed by atoms with E-state index in [0.717, 1.165) is 20.2 Å². The minimum atomic E-state index is -0.239. The maximum atomic E-state index is 12.4. The molecule has 1 amide bonds. The number of carbonyl (C=O) groups excluding carboxylic acids is 1. The number of phenolic OH excluding ortho intramolecular Hbond substituents is 1. The number of aromatic hydroxyl groups is 1. The number of phenols is 1. The number of hydrogen-bond donors (Lipinski definition) is 2. The van der Waals surface area contributed by atoms with Crippen LogP contribution in [-0.2, 0) is 0 Å². The van der Waals surface area contributed by atoms with Gasteiger partial charge in [0.25, 0.3) is 5.91 Å². The van der Waals surface area contributed by atoms with Crippen LogP contribution in [0.25, 0.3) is 22.6 Å². The van der Waals surface area contributed by atoms with Crippen LogP contribution >= 0.6 is 22.6 Å². The molecule has 4 aromatic rings. The first-order valence-electron chi connectivity index (χ1n) is 8.69. The van der Waals surface area contributed by atoms with Crippen molar-refractivity contribution in [2.24, 2.45) is 0 Å². The molecule has 0 atom stereocenters. The highest BCUT2D eigenvalue weighted by Gasteiger charge is 2.15. The second kappa shape index (κ2) is 7.27. The van der Waals surface area contributed by atoms with Gasteiger partial charge in [0.05, 0.1) is 5.56 Å². The lowest BCUT2D eigenvalue weighted by Gasteiger charge is -2.07. The summed E-state index contributed by atoms with van der Waals surface area (Å²) in [7, 11) is 0. The third-order valence-corrected chi connectivity index (χ3v) is 5.13. The van der Waals surface area contributed by atoms with E-state index in [0.29, 0.717) is 28.3 Å². The first kappa shape index (κ1) is 18.5. The van der Waals surface area contributed by atoms with Crippen molar-refractivity contribution in [1.82, 2.24) is 4.98 Å². The number of halogens is 1. The normalized spacial score (nSPS) is 11.0. The summed E-state index contributed by atoms with van der Waals surface area (Å²) in [6.07, 6.45) is 0. The molecule has 1 heterocycles. The average molecular weight is 484 g/mol. The molecule has 0 saturated carbocycles. The number of aryl methyl sites for hydroxylation is 2. The number of amides is 1. The van der Waals surface area contributed by atoms with Crippen molar-refractivity contribution < 1.29 is 14.3 Å². The summed E-state index contributed by atoms with van der Waals surface area (Å²) in [5, 5.41) is 13.2. The number of anilines is 1. The fourth-order valence-electron chi connectivity index (χ4n) is 3.09. The standard InChI is InChI=1S/C22H17IN2O3/c1-12-9-13(2)20-18(10-12)25-22(28-20)17-8-7-16(11-19(17)26)24-21(27)14-3-5-15(23)6-4-14/h3-11,26H,1-2H3,(H,24,27). The minimum Gasteiger partial charge on any atom is -0.507 e. The van der Waals surface area contributed by atoms with E-state index in [1.807, 2.05) is 38.1 Å². The fraction of sp³-hybridized carbons (Fsp3) is 0.0909. The van der Waals surface area contributed by atoms with Crippen molar-refractivity contribution in [2.45, 2.75) is 13.8 Å². The Morgan fingerprint density at radius 3 is 2.54 bits per heavy atom. The molecule has 140 valence electrons. The predicted molar refractivity (Wildman–Crippen MR) is 118 cm³/mol. The van der Waals surface area contributed by atoms with Crippen LogP contribution in [0.1, 0.15) is 21.5 Å². The molecule has 28 heavy (non-hydrogen) atoms. The molecule has 1 aromatic heterocycles. The number of oxazole rings is 1. The Hall–Kier alpha value is -2.87. The summed E-state index contributed by atoms with van der Waals surface area (Å²) >= 11 is 2.19. The monoisotopic (exact) mass is 484 g/mol. The molecule has 0 spiro atoms. The number of aromatic nitrogens is 1. The first-order chi connectivity index (χ1) is 13.4. The molecular weight excluding hydrogens is 467 g/mol. The van der Waals surface area contributed by atoms with Gasteiger partial charge in [-0.25, -0.2) is 4.98 Å². The maximum absolute atomic E-state index is 12.4. The van der Waals surface area contributed by atoms with E-state index < -0.39 is 0 Å². The number of nitrogens with one attached hydrogen (secondary N) is 1. The Kier molecular flexibility index (Phi) is 4.80. The van der Waals surface area contributed by atoms with Gasteiger partial charge < -0.3 is 14.8 Å². The van der Waals surface area contributed by atoms with Crippen LogP contribution in [0.4, 0.5) is 5.69 Å². The third kappa shape index (κ3) is 3.60. The zero-order chi connectivity index (χ0) is 19.8. The molecular formula is C22H17IN2O3. The number of benzene rings is 3. The van der Waals surface area contributed by atoms with Crippen molar-refractivity contribution in [3.63, 3.8) is 0 Å². The second-order valence-corrected chi connectivity index (χ2v) is 7.89. The van der Waals surface area contributed by atoms with Gasteiger partial charge in [-0.05, 0) is 90.0 Å². The highest BCUT2D eigenvalue weighted by atomic mass is 127. The molecule has 0 aliphatic rings. The van der Waals surface area contributed by atoms with E-state index in [-0.39, 0.29) is 11.7 Å². The Labute approximate surface area is 175 Å². The lowest BCUT2D eigenvalue weighted by Crippen LogP contribution is -2.11. The van der Waals surface area contributed by atoms with Crippen LogP contribution in [-0.4, -0.2) is 16.0 Å². The number of fused-ring (bicyclic) bond motifs is 1. The van der Waals surface area contributed by atoms with Crippen LogP contribution in [0.5, 0.6) is 5.75 Å². The summed E-state index contributed by atoms with van der Waals surface area (Å²) < 4.78 is 6.92. The summed E-state index contributed by atoms with van der Waals surface area (Å²) in [5.74, 6) is 0.0922. The molecule has 0 bridgehead atoms. The molecule has 0 fully saturated rings. The Balaban J connectivity index is 1.62.